The Morgan fingerprint density at radius 2 is 2.32 bits per heavy atom. The van der Waals surface area contributed by atoms with Gasteiger partial charge in [-0.2, -0.15) is 5.10 Å². The molecule has 2 bridgehead atoms. The third-order valence-electron chi connectivity index (χ3n) is 5.05. The van der Waals surface area contributed by atoms with Gasteiger partial charge in [0, 0.05) is 28.7 Å². The number of fused-ring (bicyclic) bond motifs is 4. The summed E-state index contributed by atoms with van der Waals surface area (Å²) in [6, 6.07) is 3.43. The third kappa shape index (κ3) is 2.86. The average Bonchev–Trinajstić information content (AvgIpc) is 3.33. The zero-order valence-corrected chi connectivity index (χ0v) is 16.1. The van der Waals surface area contributed by atoms with Crippen molar-refractivity contribution in [3.63, 3.8) is 0 Å². The normalized spacial score (nSPS) is 20.7. The first-order valence-corrected chi connectivity index (χ1v) is 10.0. The summed E-state index contributed by atoms with van der Waals surface area (Å²) >= 11 is 7.32. The van der Waals surface area contributed by atoms with Crippen LogP contribution in [0.15, 0.2) is 29.1 Å². The van der Waals surface area contributed by atoms with Crippen LogP contribution in [0.3, 0.4) is 0 Å². The molecule has 2 unspecified atom stereocenters. The Hall–Kier alpha value is -2.49. The molecule has 2 aliphatic rings. The fraction of sp³-hybridized carbons (Fsp3) is 0.278. The van der Waals surface area contributed by atoms with Gasteiger partial charge in [-0.05, 0) is 18.2 Å². The fourth-order valence-corrected chi connectivity index (χ4v) is 4.56. The predicted octanol–water partition coefficient (Wildman–Crippen LogP) is 3.86. The first-order valence-electron chi connectivity index (χ1n) is 8.69. The Kier molecular flexibility index (Phi) is 4.30. The smallest absolute Gasteiger partial charge is 0.322 e. The van der Waals surface area contributed by atoms with Gasteiger partial charge >= 0.3 is 6.03 Å². The van der Waals surface area contributed by atoms with Crippen LogP contribution in [0.4, 0.5) is 14.9 Å². The molecule has 28 heavy (non-hydrogen) atoms. The minimum atomic E-state index is -0.529. The molecule has 2 aromatic heterocycles. The minimum Gasteiger partial charge on any atom is -0.377 e. The van der Waals surface area contributed by atoms with E-state index < -0.39 is 5.82 Å². The van der Waals surface area contributed by atoms with Crippen LogP contribution in [0.1, 0.15) is 17.3 Å². The second-order valence-corrected chi connectivity index (χ2v) is 7.84. The van der Waals surface area contributed by atoms with Crippen LogP contribution in [-0.4, -0.2) is 45.4 Å². The van der Waals surface area contributed by atoms with E-state index in [9.17, 15) is 9.18 Å². The average molecular weight is 420 g/mol. The lowest BCUT2D eigenvalue weighted by Crippen LogP contribution is -2.55. The highest BCUT2D eigenvalue weighted by atomic mass is 35.5. The Balaban J connectivity index is 1.48. The predicted molar refractivity (Wildman–Crippen MR) is 103 cm³/mol. The van der Waals surface area contributed by atoms with Crippen molar-refractivity contribution in [1.29, 1.82) is 0 Å². The summed E-state index contributed by atoms with van der Waals surface area (Å²) in [7, 11) is 0. The van der Waals surface area contributed by atoms with Crippen molar-refractivity contribution in [1.82, 2.24) is 20.1 Å². The molecule has 4 heterocycles. The van der Waals surface area contributed by atoms with Crippen LogP contribution in [-0.2, 0) is 11.2 Å². The highest BCUT2D eigenvalue weighted by molar-refractivity contribution is 7.07. The van der Waals surface area contributed by atoms with Gasteiger partial charge in [-0.1, -0.05) is 11.6 Å². The van der Waals surface area contributed by atoms with Crippen molar-refractivity contribution in [2.45, 2.75) is 18.5 Å². The number of carbonyl (C=O) groups is 1. The molecule has 10 heteroatoms. The van der Waals surface area contributed by atoms with Crippen molar-refractivity contribution in [3.05, 3.63) is 51.2 Å². The van der Waals surface area contributed by atoms with E-state index in [1.54, 1.807) is 10.4 Å². The number of ether oxygens (including phenoxy) is 1. The molecule has 7 nitrogen and oxygen atoms in total. The monoisotopic (exact) mass is 419 g/mol. The van der Waals surface area contributed by atoms with E-state index >= 15 is 0 Å². The lowest BCUT2D eigenvalue weighted by atomic mass is 9.90. The number of thiazole rings is 1. The van der Waals surface area contributed by atoms with Gasteiger partial charge in [-0.15, -0.1) is 11.3 Å². The van der Waals surface area contributed by atoms with Gasteiger partial charge in [0.25, 0.3) is 0 Å². The molecule has 0 spiro atoms. The van der Waals surface area contributed by atoms with E-state index in [1.807, 2.05) is 5.38 Å². The highest BCUT2D eigenvalue weighted by Gasteiger charge is 2.43. The van der Waals surface area contributed by atoms with E-state index in [0.29, 0.717) is 25.3 Å². The maximum absolute atomic E-state index is 13.4. The summed E-state index contributed by atoms with van der Waals surface area (Å²) in [5.41, 5.74) is 5.66. The summed E-state index contributed by atoms with van der Waals surface area (Å²) in [5, 5.41) is 12.3. The van der Waals surface area contributed by atoms with E-state index in [-0.39, 0.29) is 23.1 Å². The Morgan fingerprint density at radius 3 is 3.11 bits per heavy atom. The number of H-pyrrole nitrogens is 1. The number of hydrogen-bond donors (Lipinski definition) is 2. The molecular weight excluding hydrogens is 405 g/mol. The molecule has 2 amide bonds. The molecule has 1 saturated heterocycles. The summed E-state index contributed by atoms with van der Waals surface area (Å²) < 4.78 is 19.1. The van der Waals surface area contributed by atoms with Gasteiger partial charge in [-0.3, -0.25) is 5.10 Å². The van der Waals surface area contributed by atoms with E-state index in [2.05, 4.69) is 20.5 Å². The first-order chi connectivity index (χ1) is 13.6. The second-order valence-electron chi connectivity index (χ2n) is 6.72. The van der Waals surface area contributed by atoms with Crippen LogP contribution >= 0.6 is 22.9 Å². The molecule has 1 fully saturated rings. The maximum atomic E-state index is 13.4. The van der Waals surface area contributed by atoms with Gasteiger partial charge in [0.2, 0.25) is 0 Å². The number of rotatable bonds is 2. The number of aromatic amines is 1. The summed E-state index contributed by atoms with van der Waals surface area (Å²) in [6.45, 7) is 0.816. The SMILES string of the molecule is O=C(Nc1ccc(F)c(Cl)c1)N1C2COCC1c1c(-c3cscn3)n[nH]c1C2. The highest BCUT2D eigenvalue weighted by Crippen LogP contribution is 2.41. The molecule has 0 radical (unpaired) electrons. The fourth-order valence-electron chi connectivity index (χ4n) is 3.84. The summed E-state index contributed by atoms with van der Waals surface area (Å²) in [6.07, 6.45) is 0.612. The number of aromatic nitrogens is 3. The van der Waals surface area contributed by atoms with Crippen LogP contribution in [0.5, 0.6) is 0 Å². The quantitative estimate of drug-likeness (QED) is 0.660. The number of amides is 2. The van der Waals surface area contributed by atoms with Gasteiger partial charge in [0.1, 0.15) is 17.2 Å². The number of benzene rings is 1. The maximum Gasteiger partial charge on any atom is 0.322 e. The van der Waals surface area contributed by atoms with Crippen molar-refractivity contribution >= 4 is 34.7 Å². The van der Waals surface area contributed by atoms with Gasteiger partial charge in [0.05, 0.1) is 35.8 Å². The molecule has 2 N–H and O–H groups in total. The number of hydrogen-bond acceptors (Lipinski definition) is 5. The Bertz CT molecular complexity index is 1040. The Labute approximate surface area is 168 Å². The molecule has 5 rings (SSSR count). The largest absolute Gasteiger partial charge is 0.377 e. The van der Waals surface area contributed by atoms with Gasteiger partial charge in [0.15, 0.2) is 0 Å². The number of halogens is 2. The van der Waals surface area contributed by atoms with E-state index in [0.717, 1.165) is 22.6 Å². The van der Waals surface area contributed by atoms with Crippen LogP contribution < -0.4 is 5.32 Å². The molecule has 0 saturated carbocycles. The lowest BCUT2D eigenvalue weighted by Gasteiger charge is -2.45. The van der Waals surface area contributed by atoms with Crippen LogP contribution in [0, 0.1) is 5.82 Å². The number of morpholine rings is 1. The van der Waals surface area contributed by atoms with E-state index in [4.69, 9.17) is 16.3 Å². The van der Waals surface area contributed by atoms with Crippen molar-refractivity contribution in [2.24, 2.45) is 0 Å². The lowest BCUT2D eigenvalue weighted by molar-refractivity contribution is -0.0318. The van der Waals surface area contributed by atoms with Gasteiger partial charge < -0.3 is 15.0 Å². The molecule has 0 aliphatic carbocycles. The van der Waals surface area contributed by atoms with Crippen molar-refractivity contribution in [2.75, 3.05) is 18.5 Å². The van der Waals surface area contributed by atoms with Crippen LogP contribution in [0.2, 0.25) is 5.02 Å². The van der Waals surface area contributed by atoms with Crippen molar-refractivity contribution < 1.29 is 13.9 Å². The van der Waals surface area contributed by atoms with Crippen molar-refractivity contribution in [3.8, 4) is 11.4 Å². The number of urea groups is 1. The number of nitrogens with one attached hydrogen (secondary N) is 2. The molecule has 144 valence electrons. The molecule has 1 aromatic carbocycles. The number of anilines is 1. The first kappa shape index (κ1) is 17.6. The van der Waals surface area contributed by atoms with Gasteiger partial charge in [-0.25, -0.2) is 14.2 Å². The molecule has 3 aromatic rings. The molecular formula is C18H15ClFN5O2S. The third-order valence-corrected chi connectivity index (χ3v) is 5.93. The molecule has 2 atom stereocenters. The topological polar surface area (TPSA) is 83.1 Å². The number of nitrogens with zero attached hydrogens (tertiary/aromatic N) is 3. The molecule has 2 aliphatic heterocycles. The number of carbonyl (C=O) groups excluding carboxylic acids is 1. The standard InChI is InChI=1S/C18H15ClFN5O2S/c19-11-3-9(1-2-12(11)20)22-18(26)25-10-4-13-16(15(25)6-27-5-10)17(24-23-13)14-7-28-8-21-14/h1-3,7-8,10,15H,4-6H2,(H,22,26)(H,23,24). The summed E-state index contributed by atoms with van der Waals surface area (Å²) in [4.78, 5) is 19.2. The van der Waals surface area contributed by atoms with E-state index in [1.165, 1.54) is 29.5 Å². The van der Waals surface area contributed by atoms with Crippen LogP contribution in [0.25, 0.3) is 11.4 Å². The zero-order valence-electron chi connectivity index (χ0n) is 14.5. The minimum absolute atomic E-state index is 0.0390. The summed E-state index contributed by atoms with van der Waals surface area (Å²) in [5.74, 6) is -0.529. The Morgan fingerprint density at radius 1 is 1.43 bits per heavy atom. The second kappa shape index (κ2) is 6.84. The zero-order chi connectivity index (χ0) is 19.3.